The molecule has 0 aromatic carbocycles. The SMILES string of the molecule is CCCc1noc(C2CCCCN2C(=O)c2cnn(C)c2)n1. The van der Waals surface area contributed by atoms with Crippen molar-refractivity contribution in [3.63, 3.8) is 0 Å². The van der Waals surface area contributed by atoms with Crippen molar-refractivity contribution in [2.75, 3.05) is 6.54 Å². The fourth-order valence-corrected chi connectivity index (χ4v) is 2.86. The van der Waals surface area contributed by atoms with Crippen molar-refractivity contribution in [2.45, 2.75) is 45.1 Å². The third-order valence-corrected chi connectivity index (χ3v) is 3.96. The Balaban J connectivity index is 1.82. The molecule has 1 aliphatic rings. The van der Waals surface area contributed by atoms with Crippen LogP contribution in [0.1, 0.15) is 60.7 Å². The van der Waals surface area contributed by atoms with Crippen LogP contribution in [0.3, 0.4) is 0 Å². The molecule has 0 aliphatic carbocycles. The van der Waals surface area contributed by atoms with Crippen LogP contribution in [0.25, 0.3) is 0 Å². The minimum absolute atomic E-state index is 0.0203. The minimum Gasteiger partial charge on any atom is -0.337 e. The number of hydrogen-bond acceptors (Lipinski definition) is 5. The molecule has 3 rings (SSSR count). The molecule has 0 spiro atoms. The van der Waals surface area contributed by atoms with Gasteiger partial charge < -0.3 is 9.42 Å². The first-order valence-electron chi connectivity index (χ1n) is 7.81. The van der Waals surface area contributed by atoms with Gasteiger partial charge in [0, 0.05) is 26.2 Å². The number of carbonyl (C=O) groups is 1. The van der Waals surface area contributed by atoms with Crippen molar-refractivity contribution in [1.29, 1.82) is 0 Å². The molecule has 22 heavy (non-hydrogen) atoms. The summed E-state index contributed by atoms with van der Waals surface area (Å²) in [6, 6.07) is -0.125. The lowest BCUT2D eigenvalue weighted by molar-refractivity contribution is 0.0561. The maximum atomic E-state index is 12.7. The second kappa shape index (κ2) is 6.29. The molecular weight excluding hydrogens is 282 g/mol. The first-order chi connectivity index (χ1) is 10.7. The standard InChI is InChI=1S/C15H21N5O2/c1-3-6-13-17-14(22-18-13)12-7-4-5-8-20(12)15(21)11-9-16-19(2)10-11/h9-10,12H,3-8H2,1-2H3. The summed E-state index contributed by atoms with van der Waals surface area (Å²) in [5.41, 5.74) is 0.600. The molecule has 0 bridgehead atoms. The van der Waals surface area contributed by atoms with E-state index in [2.05, 4.69) is 22.2 Å². The van der Waals surface area contributed by atoms with Gasteiger partial charge in [-0.15, -0.1) is 0 Å². The summed E-state index contributed by atoms with van der Waals surface area (Å²) < 4.78 is 7.04. The van der Waals surface area contributed by atoms with Crippen LogP contribution >= 0.6 is 0 Å². The van der Waals surface area contributed by atoms with Crippen molar-refractivity contribution < 1.29 is 9.32 Å². The van der Waals surface area contributed by atoms with Crippen molar-refractivity contribution in [3.05, 3.63) is 29.7 Å². The van der Waals surface area contributed by atoms with E-state index in [1.165, 1.54) is 0 Å². The van der Waals surface area contributed by atoms with Gasteiger partial charge in [0.05, 0.1) is 11.8 Å². The molecule has 1 amide bonds. The predicted molar refractivity (Wildman–Crippen MR) is 79.1 cm³/mol. The number of hydrogen-bond donors (Lipinski definition) is 0. The molecule has 2 aromatic rings. The smallest absolute Gasteiger partial charge is 0.257 e. The summed E-state index contributed by atoms with van der Waals surface area (Å²) in [6.07, 6.45) is 8.04. The highest BCUT2D eigenvalue weighted by Crippen LogP contribution is 2.31. The van der Waals surface area contributed by atoms with Gasteiger partial charge in [0.1, 0.15) is 6.04 Å². The monoisotopic (exact) mass is 303 g/mol. The number of aryl methyl sites for hydroxylation is 2. The van der Waals surface area contributed by atoms with Crippen molar-refractivity contribution in [2.24, 2.45) is 7.05 Å². The highest BCUT2D eigenvalue weighted by Gasteiger charge is 2.33. The molecule has 1 aliphatic heterocycles. The molecule has 0 N–H and O–H groups in total. The van der Waals surface area contributed by atoms with E-state index in [9.17, 15) is 4.79 Å². The van der Waals surface area contributed by atoms with E-state index in [0.717, 1.165) is 37.9 Å². The van der Waals surface area contributed by atoms with Crippen LogP contribution in [0.5, 0.6) is 0 Å². The molecule has 1 atom stereocenters. The van der Waals surface area contributed by atoms with E-state index in [4.69, 9.17) is 4.52 Å². The zero-order valence-electron chi connectivity index (χ0n) is 13.0. The third-order valence-electron chi connectivity index (χ3n) is 3.96. The Morgan fingerprint density at radius 2 is 2.32 bits per heavy atom. The van der Waals surface area contributed by atoms with Gasteiger partial charge in [0.15, 0.2) is 5.82 Å². The molecular formula is C15H21N5O2. The average molecular weight is 303 g/mol. The van der Waals surface area contributed by atoms with Crippen molar-refractivity contribution in [1.82, 2.24) is 24.8 Å². The lowest BCUT2D eigenvalue weighted by atomic mass is 10.0. The molecule has 0 saturated carbocycles. The Hall–Kier alpha value is -2.18. The van der Waals surface area contributed by atoms with Crippen LogP contribution in [-0.4, -0.2) is 37.3 Å². The van der Waals surface area contributed by atoms with E-state index < -0.39 is 0 Å². The van der Waals surface area contributed by atoms with Crippen LogP contribution in [0.2, 0.25) is 0 Å². The van der Waals surface area contributed by atoms with Gasteiger partial charge >= 0.3 is 0 Å². The van der Waals surface area contributed by atoms with Gasteiger partial charge in [-0.1, -0.05) is 12.1 Å². The Morgan fingerprint density at radius 1 is 1.45 bits per heavy atom. The third kappa shape index (κ3) is 2.88. The van der Waals surface area contributed by atoms with Crippen LogP contribution in [0.15, 0.2) is 16.9 Å². The first-order valence-corrected chi connectivity index (χ1v) is 7.81. The highest BCUT2D eigenvalue weighted by atomic mass is 16.5. The molecule has 7 heteroatoms. The Labute approximate surface area is 129 Å². The molecule has 1 saturated heterocycles. The fourth-order valence-electron chi connectivity index (χ4n) is 2.86. The molecule has 1 fully saturated rings. The van der Waals surface area contributed by atoms with Gasteiger partial charge in [-0.2, -0.15) is 10.1 Å². The van der Waals surface area contributed by atoms with Gasteiger partial charge in [-0.3, -0.25) is 9.48 Å². The van der Waals surface area contributed by atoms with E-state index in [1.807, 2.05) is 4.90 Å². The number of nitrogens with zero attached hydrogens (tertiary/aromatic N) is 5. The Morgan fingerprint density at radius 3 is 3.05 bits per heavy atom. The fraction of sp³-hybridized carbons (Fsp3) is 0.600. The lowest BCUT2D eigenvalue weighted by Crippen LogP contribution is -2.38. The summed E-state index contributed by atoms with van der Waals surface area (Å²) in [5, 5.41) is 8.09. The number of aromatic nitrogens is 4. The zero-order chi connectivity index (χ0) is 15.5. The maximum Gasteiger partial charge on any atom is 0.257 e. The molecule has 3 heterocycles. The van der Waals surface area contributed by atoms with Gasteiger partial charge in [-0.05, 0) is 25.7 Å². The number of amides is 1. The number of carbonyl (C=O) groups excluding carboxylic acids is 1. The summed E-state index contributed by atoms with van der Waals surface area (Å²) in [5.74, 6) is 1.25. The van der Waals surface area contributed by atoms with Gasteiger partial charge in [0.2, 0.25) is 5.89 Å². The Bertz CT molecular complexity index is 648. The molecule has 0 radical (unpaired) electrons. The highest BCUT2D eigenvalue weighted by molar-refractivity contribution is 5.94. The van der Waals surface area contributed by atoms with Gasteiger partial charge in [-0.25, -0.2) is 0 Å². The maximum absolute atomic E-state index is 12.7. The van der Waals surface area contributed by atoms with E-state index in [1.54, 1.807) is 24.1 Å². The second-order valence-corrected chi connectivity index (χ2v) is 5.71. The van der Waals surface area contributed by atoms with Crippen LogP contribution in [0.4, 0.5) is 0 Å². The van der Waals surface area contributed by atoms with Crippen molar-refractivity contribution >= 4 is 5.91 Å². The number of rotatable bonds is 4. The largest absolute Gasteiger partial charge is 0.337 e. The molecule has 7 nitrogen and oxygen atoms in total. The molecule has 1 unspecified atom stereocenters. The predicted octanol–water partition coefficient (Wildman–Crippen LogP) is 2.12. The van der Waals surface area contributed by atoms with Crippen LogP contribution in [-0.2, 0) is 13.5 Å². The van der Waals surface area contributed by atoms with E-state index in [0.29, 0.717) is 18.0 Å². The second-order valence-electron chi connectivity index (χ2n) is 5.71. The quantitative estimate of drug-likeness (QED) is 0.864. The summed E-state index contributed by atoms with van der Waals surface area (Å²) in [4.78, 5) is 19.0. The van der Waals surface area contributed by atoms with Gasteiger partial charge in [0.25, 0.3) is 5.91 Å². The topological polar surface area (TPSA) is 77.0 Å². The number of likely N-dealkylation sites (tertiary alicyclic amines) is 1. The lowest BCUT2D eigenvalue weighted by Gasteiger charge is -2.33. The number of piperidine rings is 1. The molecule has 2 aromatic heterocycles. The average Bonchev–Trinajstić information content (AvgIpc) is 3.16. The first kappa shape index (κ1) is 14.7. The normalized spacial score (nSPS) is 18.6. The summed E-state index contributed by atoms with van der Waals surface area (Å²) in [6.45, 7) is 2.79. The van der Waals surface area contributed by atoms with Crippen LogP contribution < -0.4 is 0 Å². The van der Waals surface area contributed by atoms with E-state index >= 15 is 0 Å². The summed E-state index contributed by atoms with van der Waals surface area (Å²) in [7, 11) is 1.81. The molecule has 118 valence electrons. The van der Waals surface area contributed by atoms with E-state index in [-0.39, 0.29) is 11.9 Å². The van der Waals surface area contributed by atoms with Crippen molar-refractivity contribution in [3.8, 4) is 0 Å². The zero-order valence-corrected chi connectivity index (χ0v) is 13.0. The minimum atomic E-state index is -0.125. The Kier molecular flexibility index (Phi) is 4.22. The van der Waals surface area contributed by atoms with Crippen LogP contribution in [0, 0.1) is 0 Å². The summed E-state index contributed by atoms with van der Waals surface area (Å²) >= 11 is 0.